The second-order valence-electron chi connectivity index (χ2n) is 8.95. The number of unbranched alkanes of at least 4 members (excludes halogenated alkanes) is 18. The van der Waals surface area contributed by atoms with Gasteiger partial charge in [-0.15, -0.1) is 6.58 Å². The van der Waals surface area contributed by atoms with Crippen LogP contribution < -0.4 is 0 Å². The summed E-state index contributed by atoms with van der Waals surface area (Å²) in [6.45, 7) is 12.2. The molecule has 0 bridgehead atoms. The van der Waals surface area contributed by atoms with E-state index in [0.29, 0.717) is 0 Å². The first kappa shape index (κ1) is 27.7. The van der Waals surface area contributed by atoms with Gasteiger partial charge in [0.1, 0.15) is 0 Å². The molecule has 168 valence electrons. The van der Waals surface area contributed by atoms with Crippen LogP contribution in [0.25, 0.3) is 0 Å². The van der Waals surface area contributed by atoms with Crippen molar-refractivity contribution in [3.8, 4) is 0 Å². The van der Waals surface area contributed by atoms with E-state index < -0.39 is 0 Å². The van der Waals surface area contributed by atoms with E-state index in [-0.39, 0.29) is 0 Å². The molecule has 0 aliphatic rings. The first-order chi connectivity index (χ1) is 13.8. The number of hydrogen-bond acceptors (Lipinski definition) is 1. The van der Waals surface area contributed by atoms with Crippen molar-refractivity contribution in [1.82, 2.24) is 4.90 Å². The third kappa shape index (κ3) is 22.0. The molecule has 0 amide bonds. The first-order valence-electron chi connectivity index (χ1n) is 13.2. The fraction of sp³-hybridized carbons (Fsp3) is 0.926. The second kappa shape index (κ2) is 24.7. The van der Waals surface area contributed by atoms with Crippen LogP contribution in [-0.4, -0.2) is 24.5 Å². The first-order valence-corrected chi connectivity index (χ1v) is 13.2. The summed E-state index contributed by atoms with van der Waals surface area (Å²) in [5.74, 6) is 0. The predicted molar refractivity (Wildman–Crippen MR) is 130 cm³/mol. The summed E-state index contributed by atoms with van der Waals surface area (Å²) in [4.78, 5) is 2.63. The monoisotopic (exact) mass is 393 g/mol. The van der Waals surface area contributed by atoms with Crippen molar-refractivity contribution in [2.24, 2.45) is 0 Å². The Morgan fingerprint density at radius 1 is 0.464 bits per heavy atom. The molecule has 1 nitrogen and oxygen atoms in total. The molecule has 0 unspecified atom stereocenters. The number of rotatable bonds is 24. The molecule has 0 heterocycles. The molecule has 0 aromatic heterocycles. The molecule has 0 aliphatic heterocycles. The van der Waals surface area contributed by atoms with Gasteiger partial charge in [-0.3, -0.25) is 4.90 Å². The van der Waals surface area contributed by atoms with Gasteiger partial charge in [-0.1, -0.05) is 135 Å². The maximum Gasteiger partial charge on any atom is 0.0160 e. The van der Waals surface area contributed by atoms with Crippen molar-refractivity contribution in [1.29, 1.82) is 0 Å². The zero-order chi connectivity index (χ0) is 20.5. The van der Waals surface area contributed by atoms with Crippen molar-refractivity contribution >= 4 is 0 Å². The number of nitrogens with zero attached hydrogens (tertiary/aromatic N) is 1. The summed E-state index contributed by atoms with van der Waals surface area (Å²) in [6.07, 6.45) is 30.7. The topological polar surface area (TPSA) is 3.24 Å². The maximum atomic E-state index is 3.96. The standard InChI is InChI=1S/C27H55N/c1-4-7-9-11-13-15-17-19-21-23-26-28(25-6-3)27-24-22-20-18-16-14-12-10-8-5-2/h6H,3-5,7-27H2,1-2H3. The molecule has 0 aromatic carbocycles. The van der Waals surface area contributed by atoms with Crippen LogP contribution in [0.2, 0.25) is 0 Å². The Labute approximate surface area is 179 Å². The van der Waals surface area contributed by atoms with Crippen LogP contribution in [0, 0.1) is 0 Å². The SMILES string of the molecule is C=CCN(CCCCCCCCCCCC)CCCCCCCCCCCC. The average Bonchev–Trinajstić information content (AvgIpc) is 2.70. The Balaban J connectivity index is 3.42. The lowest BCUT2D eigenvalue weighted by molar-refractivity contribution is 0.286. The molecule has 0 rings (SSSR count). The summed E-state index contributed by atoms with van der Waals surface area (Å²) in [5.41, 5.74) is 0. The van der Waals surface area contributed by atoms with Crippen molar-refractivity contribution in [2.45, 2.75) is 142 Å². The van der Waals surface area contributed by atoms with Crippen LogP contribution >= 0.6 is 0 Å². The molecular formula is C27H55N. The Hall–Kier alpha value is -0.300. The molecule has 0 saturated carbocycles. The van der Waals surface area contributed by atoms with Gasteiger partial charge in [-0.25, -0.2) is 0 Å². The third-order valence-corrected chi connectivity index (χ3v) is 6.04. The predicted octanol–water partition coefficient (Wildman–Crippen LogP) is 9.32. The van der Waals surface area contributed by atoms with Crippen molar-refractivity contribution in [3.63, 3.8) is 0 Å². The third-order valence-electron chi connectivity index (χ3n) is 6.04. The molecule has 0 fully saturated rings. The van der Waals surface area contributed by atoms with Gasteiger partial charge >= 0.3 is 0 Å². The van der Waals surface area contributed by atoms with Gasteiger partial charge in [0.2, 0.25) is 0 Å². The minimum atomic E-state index is 1.08. The fourth-order valence-corrected chi connectivity index (χ4v) is 4.12. The van der Waals surface area contributed by atoms with Gasteiger partial charge in [-0.2, -0.15) is 0 Å². The molecule has 0 aliphatic carbocycles. The highest BCUT2D eigenvalue weighted by Gasteiger charge is 2.03. The van der Waals surface area contributed by atoms with Crippen LogP contribution in [0.5, 0.6) is 0 Å². The lowest BCUT2D eigenvalue weighted by Gasteiger charge is -2.20. The molecule has 28 heavy (non-hydrogen) atoms. The lowest BCUT2D eigenvalue weighted by Crippen LogP contribution is -2.26. The summed E-state index contributed by atoms with van der Waals surface area (Å²) < 4.78 is 0. The van der Waals surface area contributed by atoms with Crippen molar-refractivity contribution < 1.29 is 0 Å². The van der Waals surface area contributed by atoms with E-state index in [1.165, 1.54) is 142 Å². The average molecular weight is 394 g/mol. The van der Waals surface area contributed by atoms with Gasteiger partial charge < -0.3 is 0 Å². The Morgan fingerprint density at radius 3 is 1.04 bits per heavy atom. The molecule has 0 radical (unpaired) electrons. The maximum absolute atomic E-state index is 3.96. The lowest BCUT2D eigenvalue weighted by atomic mass is 10.1. The van der Waals surface area contributed by atoms with E-state index in [9.17, 15) is 0 Å². The summed E-state index contributed by atoms with van der Waals surface area (Å²) >= 11 is 0. The Kier molecular flexibility index (Phi) is 24.5. The molecule has 0 N–H and O–H groups in total. The smallest absolute Gasteiger partial charge is 0.0160 e. The Bertz CT molecular complexity index is 262. The van der Waals surface area contributed by atoms with E-state index >= 15 is 0 Å². The molecule has 0 spiro atoms. The van der Waals surface area contributed by atoms with E-state index in [0.717, 1.165) is 6.54 Å². The second-order valence-corrected chi connectivity index (χ2v) is 8.95. The summed E-state index contributed by atoms with van der Waals surface area (Å²) in [7, 11) is 0. The molecule has 1 heteroatoms. The highest BCUT2D eigenvalue weighted by molar-refractivity contribution is 4.73. The van der Waals surface area contributed by atoms with Gasteiger partial charge in [0.05, 0.1) is 0 Å². The Morgan fingerprint density at radius 2 is 0.750 bits per heavy atom. The minimum Gasteiger partial charge on any atom is -0.300 e. The zero-order valence-corrected chi connectivity index (χ0v) is 20.0. The molecule has 0 atom stereocenters. The largest absolute Gasteiger partial charge is 0.300 e. The van der Waals surface area contributed by atoms with Crippen molar-refractivity contribution in [2.75, 3.05) is 19.6 Å². The van der Waals surface area contributed by atoms with Gasteiger partial charge in [-0.05, 0) is 25.9 Å². The zero-order valence-electron chi connectivity index (χ0n) is 20.0. The van der Waals surface area contributed by atoms with E-state index in [4.69, 9.17) is 0 Å². The van der Waals surface area contributed by atoms with Crippen LogP contribution in [0.3, 0.4) is 0 Å². The molecule has 0 aromatic rings. The normalized spacial score (nSPS) is 11.4. The fourth-order valence-electron chi connectivity index (χ4n) is 4.12. The van der Waals surface area contributed by atoms with E-state index in [1.54, 1.807) is 0 Å². The van der Waals surface area contributed by atoms with Crippen LogP contribution in [0.4, 0.5) is 0 Å². The highest BCUT2D eigenvalue weighted by atomic mass is 15.1. The minimum absolute atomic E-state index is 1.08. The van der Waals surface area contributed by atoms with Crippen molar-refractivity contribution in [3.05, 3.63) is 12.7 Å². The van der Waals surface area contributed by atoms with Gasteiger partial charge in [0, 0.05) is 6.54 Å². The summed E-state index contributed by atoms with van der Waals surface area (Å²) in [6, 6.07) is 0. The highest BCUT2D eigenvalue weighted by Crippen LogP contribution is 2.12. The van der Waals surface area contributed by atoms with E-state index in [2.05, 4.69) is 31.4 Å². The molecule has 0 saturated heterocycles. The quantitative estimate of drug-likeness (QED) is 0.117. The summed E-state index contributed by atoms with van der Waals surface area (Å²) in [5, 5.41) is 0. The van der Waals surface area contributed by atoms with Crippen LogP contribution in [0.15, 0.2) is 12.7 Å². The number of hydrogen-bond donors (Lipinski definition) is 0. The van der Waals surface area contributed by atoms with Gasteiger partial charge in [0.15, 0.2) is 0 Å². The van der Waals surface area contributed by atoms with E-state index in [1.807, 2.05) is 0 Å². The van der Waals surface area contributed by atoms with Gasteiger partial charge in [0.25, 0.3) is 0 Å². The van der Waals surface area contributed by atoms with Crippen LogP contribution in [0.1, 0.15) is 142 Å². The molecular weight excluding hydrogens is 338 g/mol. The van der Waals surface area contributed by atoms with Crippen LogP contribution in [-0.2, 0) is 0 Å².